The number of aromatic nitrogens is 1. The molecular formula is C16H20N2O. The van der Waals surface area contributed by atoms with Gasteiger partial charge in [-0.3, -0.25) is 4.98 Å². The summed E-state index contributed by atoms with van der Waals surface area (Å²) in [5, 5.41) is 1.22. The van der Waals surface area contributed by atoms with E-state index in [9.17, 15) is 0 Å². The third-order valence-electron chi connectivity index (χ3n) is 4.00. The van der Waals surface area contributed by atoms with Crippen molar-refractivity contribution in [2.24, 2.45) is 11.7 Å². The van der Waals surface area contributed by atoms with Crippen molar-refractivity contribution in [1.29, 1.82) is 0 Å². The van der Waals surface area contributed by atoms with Crippen LogP contribution in [0.2, 0.25) is 0 Å². The number of ether oxygens (including phenoxy) is 1. The minimum atomic E-state index is 0.172. The van der Waals surface area contributed by atoms with Gasteiger partial charge in [0.05, 0.1) is 12.1 Å². The highest BCUT2D eigenvalue weighted by molar-refractivity contribution is 5.81. The van der Waals surface area contributed by atoms with Crippen LogP contribution in [-0.4, -0.2) is 24.2 Å². The summed E-state index contributed by atoms with van der Waals surface area (Å²) < 4.78 is 5.54. The maximum Gasteiger partial charge on any atom is 0.0704 e. The summed E-state index contributed by atoms with van der Waals surface area (Å²) in [6.07, 6.45) is 5.10. The van der Waals surface area contributed by atoms with Crippen molar-refractivity contribution in [2.45, 2.75) is 25.3 Å². The van der Waals surface area contributed by atoms with E-state index in [4.69, 9.17) is 10.5 Å². The number of pyridine rings is 1. The van der Waals surface area contributed by atoms with Gasteiger partial charge in [0.15, 0.2) is 0 Å². The summed E-state index contributed by atoms with van der Waals surface area (Å²) in [7, 11) is 0. The molecule has 3 nitrogen and oxygen atoms in total. The Bertz CT molecular complexity index is 544. The van der Waals surface area contributed by atoms with E-state index in [-0.39, 0.29) is 6.04 Å². The third-order valence-corrected chi connectivity index (χ3v) is 4.00. The molecule has 19 heavy (non-hydrogen) atoms. The Labute approximate surface area is 113 Å². The molecule has 1 aromatic heterocycles. The van der Waals surface area contributed by atoms with Crippen LogP contribution >= 0.6 is 0 Å². The van der Waals surface area contributed by atoms with E-state index in [1.165, 1.54) is 17.4 Å². The second-order valence-corrected chi connectivity index (χ2v) is 5.33. The van der Waals surface area contributed by atoms with E-state index in [2.05, 4.69) is 23.2 Å². The number of nitrogens with two attached hydrogens (primary N) is 1. The molecule has 100 valence electrons. The molecule has 0 spiro atoms. The van der Waals surface area contributed by atoms with Gasteiger partial charge >= 0.3 is 0 Å². The Kier molecular flexibility index (Phi) is 3.76. The highest BCUT2D eigenvalue weighted by Crippen LogP contribution is 2.22. The molecule has 1 fully saturated rings. The Hall–Kier alpha value is -1.45. The Morgan fingerprint density at radius 2 is 2.21 bits per heavy atom. The van der Waals surface area contributed by atoms with E-state index in [0.717, 1.165) is 31.6 Å². The molecule has 1 aliphatic rings. The van der Waals surface area contributed by atoms with Gasteiger partial charge in [-0.15, -0.1) is 0 Å². The van der Waals surface area contributed by atoms with Crippen molar-refractivity contribution in [3.8, 4) is 0 Å². The highest BCUT2D eigenvalue weighted by atomic mass is 16.5. The van der Waals surface area contributed by atoms with Crippen molar-refractivity contribution < 1.29 is 4.74 Å². The number of hydrogen-bond donors (Lipinski definition) is 1. The van der Waals surface area contributed by atoms with Gasteiger partial charge < -0.3 is 10.5 Å². The zero-order valence-electron chi connectivity index (χ0n) is 11.1. The van der Waals surface area contributed by atoms with Crippen LogP contribution in [0, 0.1) is 5.92 Å². The first-order chi connectivity index (χ1) is 9.34. The molecule has 3 rings (SSSR count). The lowest BCUT2D eigenvalue weighted by Crippen LogP contribution is -2.37. The monoisotopic (exact) mass is 256 g/mol. The fraction of sp³-hybridized carbons (Fsp3) is 0.438. The fourth-order valence-corrected chi connectivity index (χ4v) is 2.86. The predicted octanol–water partition coefficient (Wildman–Crippen LogP) is 2.53. The van der Waals surface area contributed by atoms with Gasteiger partial charge in [-0.1, -0.05) is 18.2 Å². The van der Waals surface area contributed by atoms with E-state index in [0.29, 0.717) is 5.92 Å². The number of rotatable bonds is 3. The van der Waals surface area contributed by atoms with Crippen LogP contribution in [0.25, 0.3) is 10.9 Å². The fourth-order valence-electron chi connectivity index (χ4n) is 2.86. The van der Waals surface area contributed by atoms with Crippen molar-refractivity contribution in [2.75, 3.05) is 13.2 Å². The second kappa shape index (κ2) is 5.68. The summed E-state index contributed by atoms with van der Waals surface area (Å²) in [5.74, 6) is 0.487. The van der Waals surface area contributed by atoms with Crippen LogP contribution in [0.1, 0.15) is 18.4 Å². The van der Waals surface area contributed by atoms with Crippen molar-refractivity contribution in [1.82, 2.24) is 4.98 Å². The Morgan fingerprint density at radius 3 is 3.05 bits per heavy atom. The van der Waals surface area contributed by atoms with Crippen molar-refractivity contribution in [3.05, 3.63) is 42.1 Å². The molecule has 2 N–H and O–H groups in total. The minimum Gasteiger partial charge on any atom is -0.381 e. The van der Waals surface area contributed by atoms with Crippen molar-refractivity contribution in [3.63, 3.8) is 0 Å². The maximum absolute atomic E-state index is 6.37. The van der Waals surface area contributed by atoms with Crippen LogP contribution in [0.15, 0.2) is 36.5 Å². The highest BCUT2D eigenvalue weighted by Gasteiger charge is 2.21. The lowest BCUT2D eigenvalue weighted by Gasteiger charge is -2.27. The zero-order chi connectivity index (χ0) is 13.1. The first-order valence-electron chi connectivity index (χ1n) is 7.00. The number of nitrogens with zero attached hydrogens (tertiary/aromatic N) is 1. The molecule has 0 radical (unpaired) electrons. The van der Waals surface area contributed by atoms with Gasteiger partial charge in [0, 0.05) is 24.2 Å². The Morgan fingerprint density at radius 1 is 1.32 bits per heavy atom. The maximum atomic E-state index is 6.37. The van der Waals surface area contributed by atoms with Crippen LogP contribution in [0.5, 0.6) is 0 Å². The summed E-state index contributed by atoms with van der Waals surface area (Å²) in [6, 6.07) is 10.5. The van der Waals surface area contributed by atoms with Gasteiger partial charge in [-0.25, -0.2) is 0 Å². The smallest absolute Gasteiger partial charge is 0.0704 e. The largest absolute Gasteiger partial charge is 0.381 e. The van der Waals surface area contributed by atoms with E-state index in [1.807, 2.05) is 18.3 Å². The molecule has 0 saturated carbocycles. The van der Waals surface area contributed by atoms with Crippen LogP contribution in [0.3, 0.4) is 0 Å². The lowest BCUT2D eigenvalue weighted by atomic mass is 9.89. The standard InChI is InChI=1S/C16H20N2O/c17-15(13-4-3-9-19-11-13)10-12-7-8-18-16-6-2-1-5-14(12)16/h1-2,5-8,13,15H,3-4,9-11,17H2. The topological polar surface area (TPSA) is 48.1 Å². The van der Waals surface area contributed by atoms with Gasteiger partial charge in [-0.2, -0.15) is 0 Å². The molecule has 2 aromatic rings. The normalized spacial score (nSPS) is 21.4. The SMILES string of the molecule is NC(Cc1ccnc2ccccc12)C1CCCOC1. The van der Waals surface area contributed by atoms with E-state index in [1.54, 1.807) is 0 Å². The summed E-state index contributed by atoms with van der Waals surface area (Å²) in [4.78, 5) is 4.40. The first kappa shape index (κ1) is 12.6. The average molecular weight is 256 g/mol. The van der Waals surface area contributed by atoms with Gasteiger partial charge in [0.1, 0.15) is 0 Å². The lowest BCUT2D eigenvalue weighted by molar-refractivity contribution is 0.0450. The molecule has 2 unspecified atom stereocenters. The van der Waals surface area contributed by atoms with Gasteiger partial charge in [-0.05, 0) is 42.9 Å². The molecule has 1 aliphatic heterocycles. The summed E-state index contributed by atoms with van der Waals surface area (Å²) in [5.41, 5.74) is 8.71. The molecule has 0 amide bonds. The molecular weight excluding hydrogens is 236 g/mol. The third kappa shape index (κ3) is 2.77. The quantitative estimate of drug-likeness (QED) is 0.918. The molecule has 3 heteroatoms. The van der Waals surface area contributed by atoms with Crippen molar-refractivity contribution >= 4 is 10.9 Å². The van der Waals surface area contributed by atoms with Crippen LogP contribution in [-0.2, 0) is 11.2 Å². The van der Waals surface area contributed by atoms with Crippen LogP contribution < -0.4 is 5.73 Å². The Balaban J connectivity index is 1.80. The molecule has 0 bridgehead atoms. The van der Waals surface area contributed by atoms with E-state index < -0.39 is 0 Å². The number of para-hydroxylation sites is 1. The molecule has 2 heterocycles. The number of fused-ring (bicyclic) bond motifs is 1. The first-order valence-corrected chi connectivity index (χ1v) is 7.00. The van der Waals surface area contributed by atoms with Crippen LogP contribution in [0.4, 0.5) is 0 Å². The average Bonchev–Trinajstić information content (AvgIpc) is 2.48. The minimum absolute atomic E-state index is 0.172. The molecule has 1 saturated heterocycles. The number of hydrogen-bond acceptors (Lipinski definition) is 3. The second-order valence-electron chi connectivity index (χ2n) is 5.33. The molecule has 2 atom stereocenters. The predicted molar refractivity (Wildman–Crippen MR) is 77.0 cm³/mol. The zero-order valence-corrected chi connectivity index (χ0v) is 11.1. The van der Waals surface area contributed by atoms with E-state index >= 15 is 0 Å². The van der Waals surface area contributed by atoms with Gasteiger partial charge in [0.25, 0.3) is 0 Å². The summed E-state index contributed by atoms with van der Waals surface area (Å²) >= 11 is 0. The summed E-state index contributed by atoms with van der Waals surface area (Å²) in [6.45, 7) is 1.70. The molecule has 0 aliphatic carbocycles. The number of benzene rings is 1. The van der Waals surface area contributed by atoms with Gasteiger partial charge in [0.2, 0.25) is 0 Å². The molecule has 1 aromatic carbocycles.